The van der Waals surface area contributed by atoms with Crippen molar-refractivity contribution in [1.29, 1.82) is 0 Å². The minimum atomic E-state index is 0.118. The molecule has 1 N–H and O–H groups in total. The van der Waals surface area contributed by atoms with Crippen LogP contribution in [0.5, 0.6) is 0 Å². The summed E-state index contributed by atoms with van der Waals surface area (Å²) in [5.74, 6) is 0.956. The predicted molar refractivity (Wildman–Crippen MR) is 78.5 cm³/mol. The Labute approximate surface area is 104 Å². The molecule has 0 heterocycles. The third-order valence-corrected chi connectivity index (χ3v) is 3.08. The molecule has 0 unspecified atom stereocenters. The largest absolute Gasteiger partial charge is 0.255 e. The molecule has 0 aromatic heterocycles. The van der Waals surface area contributed by atoms with Gasteiger partial charge in [-0.15, -0.1) is 0 Å². The van der Waals surface area contributed by atoms with Crippen LogP contribution in [0.15, 0.2) is 23.6 Å². The van der Waals surface area contributed by atoms with Crippen molar-refractivity contribution in [2.24, 2.45) is 0 Å². The average molecular weight is 247 g/mol. The molecule has 0 spiro atoms. The monoisotopic (exact) mass is 247 g/mol. The summed E-state index contributed by atoms with van der Waals surface area (Å²) in [4.78, 5) is 1.03. The summed E-state index contributed by atoms with van der Waals surface area (Å²) in [6.07, 6.45) is 2.07. The summed E-state index contributed by atoms with van der Waals surface area (Å²) in [5, 5.41) is 0. The highest BCUT2D eigenvalue weighted by Gasteiger charge is 2.10. The van der Waals surface area contributed by atoms with E-state index in [1.807, 2.05) is 13.8 Å². The Hall–Kier alpha value is 0.140. The maximum atomic E-state index is 3.96. The molecule has 0 rings (SSSR count). The number of hydrogen-bond acceptors (Lipinski definition) is 3. The summed E-state index contributed by atoms with van der Waals surface area (Å²) in [6.45, 7) is 18.3. The lowest BCUT2D eigenvalue weighted by atomic mass is 10.1. The van der Waals surface area contributed by atoms with E-state index in [9.17, 15) is 0 Å². The lowest BCUT2D eigenvalue weighted by Crippen LogP contribution is -2.30. The molecule has 15 heavy (non-hydrogen) atoms. The van der Waals surface area contributed by atoms with Gasteiger partial charge in [-0.25, -0.2) is 0 Å². The molecule has 0 saturated heterocycles. The lowest BCUT2D eigenvalue weighted by Gasteiger charge is -2.20. The van der Waals surface area contributed by atoms with Crippen molar-refractivity contribution in [2.75, 3.05) is 12.0 Å². The number of thioether (sulfide) groups is 1. The lowest BCUT2D eigenvalue weighted by molar-refractivity contribution is 0.536. The molecule has 0 aliphatic carbocycles. The summed E-state index contributed by atoms with van der Waals surface area (Å²) in [5.41, 5.74) is 1.22. The highest BCUT2D eigenvalue weighted by atomic mass is 32.2. The smallest absolute Gasteiger partial charge is 0.0201 e. The molecule has 0 saturated carbocycles. The molecular weight excluding hydrogens is 222 g/mol. The van der Waals surface area contributed by atoms with Gasteiger partial charge < -0.3 is 0 Å². The fraction of sp³-hybridized carbons (Fsp3) is 0.667. The van der Waals surface area contributed by atoms with Gasteiger partial charge in [-0.2, -0.15) is 11.8 Å². The summed E-state index contributed by atoms with van der Waals surface area (Å²) in [7, 11) is 0. The topological polar surface area (TPSA) is 12.0 Å². The van der Waals surface area contributed by atoms with Crippen LogP contribution in [-0.2, 0) is 0 Å². The Kier molecular flexibility index (Phi) is 11.0. The minimum Gasteiger partial charge on any atom is -0.255 e. The maximum Gasteiger partial charge on any atom is 0.0201 e. The predicted octanol–water partition coefficient (Wildman–Crippen LogP) is 4.48. The van der Waals surface area contributed by atoms with E-state index in [0.29, 0.717) is 0 Å². The van der Waals surface area contributed by atoms with Crippen LogP contribution in [0.3, 0.4) is 0 Å². The fourth-order valence-corrected chi connectivity index (χ4v) is 1.80. The molecule has 0 fully saturated rings. The first-order valence-electron chi connectivity index (χ1n) is 5.17. The number of rotatable bonds is 5. The third-order valence-electron chi connectivity index (χ3n) is 1.19. The quantitative estimate of drug-likeness (QED) is 0.568. The maximum absolute atomic E-state index is 3.96. The summed E-state index contributed by atoms with van der Waals surface area (Å²) in [6, 6.07) is 0. The fourth-order valence-electron chi connectivity index (χ4n) is 0.542. The summed E-state index contributed by atoms with van der Waals surface area (Å²) >= 11 is 3.34. The second kappa shape index (κ2) is 9.37. The first kappa shape index (κ1) is 17.5. The molecule has 0 aliphatic heterocycles. The van der Waals surface area contributed by atoms with Crippen molar-refractivity contribution in [3.8, 4) is 0 Å². The van der Waals surface area contributed by atoms with Gasteiger partial charge >= 0.3 is 0 Å². The van der Waals surface area contributed by atoms with Crippen molar-refractivity contribution in [3.05, 3.63) is 23.6 Å². The second-order valence-corrected chi connectivity index (χ2v) is 5.68. The third kappa shape index (κ3) is 12.1. The van der Waals surface area contributed by atoms with E-state index in [2.05, 4.69) is 44.9 Å². The Bertz CT molecular complexity index is 192. The van der Waals surface area contributed by atoms with Crippen LogP contribution in [0.2, 0.25) is 0 Å². The molecule has 0 aromatic rings. The number of nitrogens with one attached hydrogen (secondary N) is 1. The first-order valence-corrected chi connectivity index (χ1v) is 7.38. The molecule has 3 heteroatoms. The molecule has 0 amide bonds. The Morgan fingerprint density at radius 3 is 2.00 bits per heavy atom. The highest BCUT2D eigenvalue weighted by Crippen LogP contribution is 2.22. The highest BCUT2D eigenvalue weighted by molar-refractivity contribution is 8.01. The van der Waals surface area contributed by atoms with E-state index < -0.39 is 0 Å². The average Bonchev–Trinajstić information content (AvgIpc) is 2.16. The standard InChI is InChI=1S/C10H19NS2.C2H6/c1-8(7-12-6)9(2)13-11-10(3,4)5;1-2/h11H,1-2,7H2,3-6H3;1-2H3. The molecule has 0 bridgehead atoms. The van der Waals surface area contributed by atoms with E-state index >= 15 is 0 Å². The van der Waals surface area contributed by atoms with Crippen LogP contribution < -0.4 is 4.72 Å². The van der Waals surface area contributed by atoms with Crippen molar-refractivity contribution in [1.82, 2.24) is 4.72 Å². The molecular formula is C12H25NS2. The zero-order valence-electron chi connectivity index (χ0n) is 10.9. The van der Waals surface area contributed by atoms with Crippen LogP contribution in [0.1, 0.15) is 34.6 Å². The molecule has 0 atom stereocenters. The van der Waals surface area contributed by atoms with E-state index in [1.54, 1.807) is 23.7 Å². The Balaban J connectivity index is 0. The van der Waals surface area contributed by atoms with Gasteiger partial charge in [-0.3, -0.25) is 4.72 Å². The first-order chi connectivity index (χ1) is 6.87. The van der Waals surface area contributed by atoms with Crippen LogP contribution in [0.4, 0.5) is 0 Å². The van der Waals surface area contributed by atoms with Crippen molar-refractivity contribution >= 4 is 23.7 Å². The molecule has 0 aromatic carbocycles. The Morgan fingerprint density at radius 1 is 1.20 bits per heavy atom. The molecule has 0 radical (unpaired) electrons. The van der Waals surface area contributed by atoms with Crippen LogP contribution >= 0.6 is 23.7 Å². The van der Waals surface area contributed by atoms with Gasteiger partial charge in [0.2, 0.25) is 0 Å². The SMILES string of the molecule is C=C(CSC)C(=C)SNC(C)(C)C.CC. The van der Waals surface area contributed by atoms with E-state index in [-0.39, 0.29) is 5.54 Å². The van der Waals surface area contributed by atoms with Crippen molar-refractivity contribution in [2.45, 2.75) is 40.2 Å². The van der Waals surface area contributed by atoms with Gasteiger partial charge in [0.1, 0.15) is 0 Å². The van der Waals surface area contributed by atoms with Gasteiger partial charge in [-0.1, -0.05) is 27.0 Å². The second-order valence-electron chi connectivity index (χ2n) is 3.91. The zero-order chi connectivity index (χ0) is 12.5. The normalized spacial score (nSPS) is 10.3. The van der Waals surface area contributed by atoms with Gasteiger partial charge in [0.05, 0.1) is 0 Å². The minimum absolute atomic E-state index is 0.118. The van der Waals surface area contributed by atoms with E-state index in [0.717, 1.165) is 16.2 Å². The van der Waals surface area contributed by atoms with E-state index in [4.69, 9.17) is 0 Å². The van der Waals surface area contributed by atoms with Gasteiger partial charge in [0.15, 0.2) is 0 Å². The molecule has 0 aliphatic rings. The van der Waals surface area contributed by atoms with Crippen LogP contribution in [0.25, 0.3) is 0 Å². The summed E-state index contributed by atoms with van der Waals surface area (Å²) < 4.78 is 3.31. The van der Waals surface area contributed by atoms with Crippen LogP contribution in [-0.4, -0.2) is 17.5 Å². The number of allylic oxidation sites excluding steroid dienone is 1. The van der Waals surface area contributed by atoms with Crippen molar-refractivity contribution < 1.29 is 0 Å². The molecule has 90 valence electrons. The van der Waals surface area contributed by atoms with Crippen molar-refractivity contribution in [3.63, 3.8) is 0 Å². The zero-order valence-corrected chi connectivity index (χ0v) is 12.6. The van der Waals surface area contributed by atoms with Gasteiger partial charge in [0.25, 0.3) is 0 Å². The number of hydrogen-bond donors (Lipinski definition) is 1. The van der Waals surface area contributed by atoms with Crippen LogP contribution in [0, 0.1) is 0 Å². The Morgan fingerprint density at radius 2 is 1.67 bits per heavy atom. The van der Waals surface area contributed by atoms with Gasteiger partial charge in [-0.05, 0) is 44.5 Å². The molecule has 1 nitrogen and oxygen atoms in total. The van der Waals surface area contributed by atoms with E-state index in [1.165, 1.54) is 0 Å². The van der Waals surface area contributed by atoms with Gasteiger partial charge in [0, 0.05) is 16.2 Å².